The third kappa shape index (κ3) is 4.00. The maximum Gasteiger partial charge on any atom is 0.0996 e. The molecular weight excluding hydrogens is 356 g/mol. The number of nitrogens with one attached hydrogen (secondary N) is 2. The first kappa shape index (κ1) is 19.0. The molecule has 0 radical (unpaired) electrons. The Labute approximate surface area is 165 Å². The normalized spacial score (nSPS) is 18.9. The van der Waals surface area contributed by atoms with E-state index >= 15 is 0 Å². The van der Waals surface area contributed by atoms with Gasteiger partial charge in [0.2, 0.25) is 0 Å². The lowest BCUT2D eigenvalue weighted by molar-refractivity contribution is 0.0409. The van der Waals surface area contributed by atoms with Gasteiger partial charge in [0.05, 0.1) is 34.3 Å². The summed E-state index contributed by atoms with van der Waals surface area (Å²) >= 11 is 5.71. The molecule has 2 N–H and O–H groups in total. The van der Waals surface area contributed by atoms with Gasteiger partial charge in [0.1, 0.15) is 0 Å². The van der Waals surface area contributed by atoms with E-state index in [0.717, 1.165) is 41.1 Å². The van der Waals surface area contributed by atoms with Crippen molar-refractivity contribution in [3.8, 4) is 6.07 Å². The number of aromatic nitrogens is 1. The third-order valence-corrected chi connectivity index (χ3v) is 5.39. The van der Waals surface area contributed by atoms with Gasteiger partial charge in [0, 0.05) is 19.4 Å². The van der Waals surface area contributed by atoms with E-state index in [-0.39, 0.29) is 0 Å². The van der Waals surface area contributed by atoms with Gasteiger partial charge < -0.3 is 5.32 Å². The van der Waals surface area contributed by atoms with E-state index in [9.17, 15) is 0 Å². The third-order valence-electron chi connectivity index (χ3n) is 4.84. The minimum absolute atomic E-state index is 0.387. The van der Waals surface area contributed by atoms with Gasteiger partial charge in [-0.2, -0.15) is 5.26 Å². The predicted molar refractivity (Wildman–Crippen MR) is 109 cm³/mol. The van der Waals surface area contributed by atoms with Crippen molar-refractivity contribution in [3.05, 3.63) is 77.3 Å². The Hall–Kier alpha value is -2.75. The molecule has 2 aromatic rings. The van der Waals surface area contributed by atoms with Crippen molar-refractivity contribution < 1.29 is 4.84 Å². The molecule has 1 heterocycles. The molecule has 27 heavy (non-hydrogen) atoms. The minimum Gasteiger partial charge on any atom is -0.382 e. The second-order valence-corrected chi connectivity index (χ2v) is 6.84. The topological polar surface area (TPSA) is 70.0 Å². The Balaban J connectivity index is 1.79. The zero-order chi connectivity index (χ0) is 19.1. The highest BCUT2D eigenvalue weighted by Crippen LogP contribution is 2.40. The summed E-state index contributed by atoms with van der Waals surface area (Å²) < 4.78 is 0. The van der Waals surface area contributed by atoms with Crippen molar-refractivity contribution in [2.75, 3.05) is 7.05 Å². The number of nitriles is 1. The summed E-state index contributed by atoms with van der Waals surface area (Å²) in [4.78, 5) is 10.8. The molecule has 1 atom stereocenters. The smallest absolute Gasteiger partial charge is 0.0996 e. The Kier molecular flexibility index (Phi) is 6.17. The summed E-state index contributed by atoms with van der Waals surface area (Å²) in [6.07, 6.45) is 8.68. The summed E-state index contributed by atoms with van der Waals surface area (Å²) in [5.41, 5.74) is 6.28. The molecule has 0 saturated carbocycles. The molecule has 1 aromatic carbocycles. The van der Waals surface area contributed by atoms with E-state index in [1.165, 1.54) is 0 Å². The Morgan fingerprint density at radius 3 is 2.81 bits per heavy atom. The number of likely N-dealkylation sites (N-methyl/N-ethyl adjacent to an activating group) is 1. The average molecular weight is 379 g/mol. The number of nitrogens with zero attached hydrogens (tertiary/aromatic N) is 2. The fourth-order valence-corrected chi connectivity index (χ4v) is 3.75. The SMILES string of the molecule is CNC(=S)C1(c2cccnc2)CCCC=C1NOCc1ccc(C#N)cc1. The minimum atomic E-state index is -0.471. The number of benzene rings is 1. The van der Waals surface area contributed by atoms with E-state index < -0.39 is 5.41 Å². The van der Waals surface area contributed by atoms with Crippen molar-refractivity contribution in [3.63, 3.8) is 0 Å². The summed E-state index contributed by atoms with van der Waals surface area (Å²) in [6.45, 7) is 0.387. The van der Waals surface area contributed by atoms with Crippen LogP contribution < -0.4 is 10.8 Å². The predicted octanol–water partition coefficient (Wildman–Crippen LogP) is 3.53. The lowest BCUT2D eigenvalue weighted by Crippen LogP contribution is -2.48. The van der Waals surface area contributed by atoms with Crippen molar-refractivity contribution in [1.82, 2.24) is 15.8 Å². The van der Waals surface area contributed by atoms with Gasteiger partial charge >= 0.3 is 0 Å². The number of pyridine rings is 1. The molecule has 1 aliphatic carbocycles. The highest BCUT2D eigenvalue weighted by atomic mass is 32.1. The van der Waals surface area contributed by atoms with Crippen LogP contribution >= 0.6 is 12.2 Å². The Morgan fingerprint density at radius 2 is 2.15 bits per heavy atom. The number of allylic oxidation sites excluding steroid dienone is 1. The monoisotopic (exact) mass is 378 g/mol. The van der Waals surface area contributed by atoms with Crippen molar-refractivity contribution in [2.45, 2.75) is 31.3 Å². The molecule has 1 aliphatic rings. The standard InChI is InChI=1S/C21H22N4OS/c1-23-20(27)21(18-5-4-12-24-14-18)11-3-2-6-19(21)25-26-15-17-9-7-16(13-22)8-10-17/h4-10,12,14,25H,2-3,11,15H2,1H3,(H,23,27). The van der Waals surface area contributed by atoms with Crippen LogP contribution in [0.1, 0.15) is 36.0 Å². The second-order valence-electron chi connectivity index (χ2n) is 6.44. The van der Waals surface area contributed by atoms with Crippen molar-refractivity contribution in [1.29, 1.82) is 5.26 Å². The molecule has 0 saturated heterocycles. The van der Waals surface area contributed by atoms with Crippen LogP contribution in [-0.2, 0) is 16.9 Å². The molecule has 0 bridgehead atoms. The van der Waals surface area contributed by atoms with Gasteiger partial charge in [-0.25, -0.2) is 0 Å². The molecule has 1 aromatic heterocycles. The maximum absolute atomic E-state index is 8.89. The number of hydrogen-bond acceptors (Lipinski definition) is 5. The summed E-state index contributed by atoms with van der Waals surface area (Å²) in [7, 11) is 1.85. The van der Waals surface area contributed by atoms with Gasteiger partial charge in [-0.05, 0) is 48.6 Å². The molecule has 138 valence electrons. The van der Waals surface area contributed by atoms with E-state index in [4.69, 9.17) is 22.3 Å². The van der Waals surface area contributed by atoms with Crippen LogP contribution in [0.5, 0.6) is 0 Å². The van der Waals surface area contributed by atoms with Crippen LogP contribution in [-0.4, -0.2) is 17.0 Å². The highest BCUT2D eigenvalue weighted by Gasteiger charge is 2.42. The molecule has 5 nitrogen and oxygen atoms in total. The van der Waals surface area contributed by atoms with Gasteiger partial charge in [0.25, 0.3) is 0 Å². The van der Waals surface area contributed by atoms with Gasteiger partial charge in [-0.3, -0.25) is 15.3 Å². The molecule has 6 heteroatoms. The summed E-state index contributed by atoms with van der Waals surface area (Å²) in [5, 5.41) is 12.1. The average Bonchev–Trinajstić information content (AvgIpc) is 2.74. The van der Waals surface area contributed by atoms with E-state index in [1.807, 2.05) is 31.4 Å². The van der Waals surface area contributed by atoms with Crippen molar-refractivity contribution in [2.24, 2.45) is 0 Å². The summed E-state index contributed by atoms with van der Waals surface area (Å²) in [6, 6.07) is 13.5. The van der Waals surface area contributed by atoms with Crippen LogP contribution in [0.3, 0.4) is 0 Å². The summed E-state index contributed by atoms with van der Waals surface area (Å²) in [5.74, 6) is 0. The molecule has 0 amide bonds. The lowest BCUT2D eigenvalue weighted by Gasteiger charge is -2.39. The zero-order valence-corrected chi connectivity index (χ0v) is 16.1. The zero-order valence-electron chi connectivity index (χ0n) is 15.2. The van der Waals surface area contributed by atoms with Crippen LogP contribution in [0.4, 0.5) is 0 Å². The number of rotatable bonds is 6. The largest absolute Gasteiger partial charge is 0.382 e. The molecule has 0 spiro atoms. The van der Waals surface area contributed by atoms with Crippen LogP contribution in [0.2, 0.25) is 0 Å². The molecule has 0 fully saturated rings. The number of hydroxylamine groups is 1. The molecule has 3 rings (SSSR count). The van der Waals surface area contributed by atoms with Crippen LogP contribution in [0.15, 0.2) is 60.6 Å². The molecule has 0 aliphatic heterocycles. The van der Waals surface area contributed by atoms with E-state index in [1.54, 1.807) is 18.3 Å². The fraction of sp³-hybridized carbons (Fsp3) is 0.286. The first-order chi connectivity index (χ1) is 13.2. The van der Waals surface area contributed by atoms with E-state index in [0.29, 0.717) is 12.2 Å². The first-order valence-corrected chi connectivity index (χ1v) is 9.31. The molecule has 1 unspecified atom stereocenters. The van der Waals surface area contributed by atoms with Crippen molar-refractivity contribution >= 4 is 17.2 Å². The van der Waals surface area contributed by atoms with Crippen LogP contribution in [0, 0.1) is 11.3 Å². The second kappa shape index (κ2) is 8.76. The Morgan fingerprint density at radius 1 is 1.33 bits per heavy atom. The Bertz CT molecular complexity index is 858. The van der Waals surface area contributed by atoms with Gasteiger partial charge in [0.15, 0.2) is 0 Å². The maximum atomic E-state index is 8.89. The molecular formula is C21H22N4OS. The van der Waals surface area contributed by atoms with Gasteiger partial charge in [-0.15, -0.1) is 0 Å². The highest BCUT2D eigenvalue weighted by molar-refractivity contribution is 7.80. The van der Waals surface area contributed by atoms with Gasteiger partial charge in [-0.1, -0.05) is 36.5 Å². The number of thiocarbonyl (C=S) groups is 1. The fourth-order valence-electron chi connectivity index (χ4n) is 3.42. The van der Waals surface area contributed by atoms with Crippen LogP contribution in [0.25, 0.3) is 0 Å². The number of hydrogen-bond donors (Lipinski definition) is 2. The lowest BCUT2D eigenvalue weighted by atomic mass is 9.71. The van der Waals surface area contributed by atoms with E-state index in [2.05, 4.69) is 34.0 Å². The first-order valence-electron chi connectivity index (χ1n) is 8.91. The quantitative estimate of drug-likeness (QED) is 0.592.